The summed E-state index contributed by atoms with van der Waals surface area (Å²) in [6.45, 7) is 2.51. The summed E-state index contributed by atoms with van der Waals surface area (Å²) in [6, 6.07) is 0. The molecule has 1 fully saturated rings. The van der Waals surface area contributed by atoms with E-state index in [2.05, 4.69) is 0 Å². The average molecular weight is 212 g/mol. The van der Waals surface area contributed by atoms with Gasteiger partial charge in [0.1, 0.15) is 5.75 Å². The van der Waals surface area contributed by atoms with Crippen LogP contribution in [0.3, 0.4) is 0 Å². The summed E-state index contributed by atoms with van der Waals surface area (Å²) >= 11 is 0. The number of hydrogen-bond acceptors (Lipinski definition) is 4. The van der Waals surface area contributed by atoms with Gasteiger partial charge in [0.2, 0.25) is 0 Å². The molecule has 0 N–H and O–H groups in total. The summed E-state index contributed by atoms with van der Waals surface area (Å²) in [5.41, 5.74) is 0. The fraction of sp³-hybridized carbons (Fsp3) is 1.00. The Morgan fingerprint density at radius 1 is 1.38 bits per heavy atom. The first kappa shape index (κ1) is 10.9. The van der Waals surface area contributed by atoms with E-state index in [4.69, 9.17) is 9.47 Å². The third-order valence-corrected chi connectivity index (χ3v) is 2.60. The summed E-state index contributed by atoms with van der Waals surface area (Å²) < 4.78 is 43.2. The second-order valence-corrected chi connectivity index (χ2v) is 4.44. The van der Waals surface area contributed by atoms with Crippen LogP contribution in [0.2, 0.25) is 0 Å². The molecular formula is C7H13FO4S. The van der Waals surface area contributed by atoms with Gasteiger partial charge in [-0.15, -0.1) is 3.89 Å². The Hall–Kier alpha value is -0.200. The van der Waals surface area contributed by atoms with Gasteiger partial charge >= 0.3 is 10.2 Å². The molecule has 0 aromatic carbocycles. The molecule has 0 bridgehead atoms. The van der Waals surface area contributed by atoms with Gasteiger partial charge in [-0.3, -0.25) is 0 Å². The second-order valence-electron chi connectivity index (χ2n) is 3.03. The first-order chi connectivity index (χ1) is 6.01. The standard InChI is InChI=1S/C7H13FO4S/c1-2-6-3-11-4-7(12-6)5-13(8,9)10/h6-7H,2-5H2,1H3. The van der Waals surface area contributed by atoms with E-state index in [1.807, 2.05) is 6.92 Å². The molecule has 4 nitrogen and oxygen atoms in total. The third kappa shape index (κ3) is 4.02. The Morgan fingerprint density at radius 3 is 2.54 bits per heavy atom. The van der Waals surface area contributed by atoms with Gasteiger partial charge in [0.05, 0.1) is 25.4 Å². The number of ether oxygens (including phenoxy) is 2. The maximum atomic E-state index is 12.2. The lowest BCUT2D eigenvalue weighted by molar-refractivity contribution is -0.129. The van der Waals surface area contributed by atoms with E-state index in [0.29, 0.717) is 6.61 Å². The van der Waals surface area contributed by atoms with Crippen LogP contribution in [0.25, 0.3) is 0 Å². The van der Waals surface area contributed by atoms with Crippen LogP contribution in [0.4, 0.5) is 3.89 Å². The van der Waals surface area contributed by atoms with Crippen molar-refractivity contribution in [1.29, 1.82) is 0 Å². The largest absolute Gasteiger partial charge is 0.376 e. The Bertz CT molecular complexity index is 251. The van der Waals surface area contributed by atoms with Crippen molar-refractivity contribution < 1.29 is 21.8 Å². The molecule has 1 aliphatic rings. The van der Waals surface area contributed by atoms with Gasteiger partial charge in [0.25, 0.3) is 0 Å². The minimum Gasteiger partial charge on any atom is -0.376 e. The normalized spacial score (nSPS) is 30.3. The van der Waals surface area contributed by atoms with Crippen LogP contribution in [-0.4, -0.2) is 39.6 Å². The van der Waals surface area contributed by atoms with Crippen LogP contribution in [0.1, 0.15) is 13.3 Å². The lowest BCUT2D eigenvalue weighted by Gasteiger charge is -2.28. The summed E-state index contributed by atoms with van der Waals surface area (Å²) in [6.07, 6.45) is -0.0303. The van der Waals surface area contributed by atoms with Gasteiger partial charge in [-0.2, -0.15) is 8.42 Å². The van der Waals surface area contributed by atoms with Crippen molar-refractivity contribution in [1.82, 2.24) is 0 Å². The molecule has 2 unspecified atom stereocenters. The fourth-order valence-electron chi connectivity index (χ4n) is 1.21. The molecule has 6 heteroatoms. The monoisotopic (exact) mass is 212 g/mol. The zero-order valence-electron chi connectivity index (χ0n) is 7.40. The molecule has 0 aromatic heterocycles. The zero-order chi connectivity index (χ0) is 9.90. The molecule has 1 rings (SSSR count). The van der Waals surface area contributed by atoms with E-state index in [-0.39, 0.29) is 12.7 Å². The predicted octanol–water partition coefficient (Wildman–Crippen LogP) is 0.480. The SMILES string of the molecule is CCC1COCC(CS(=O)(=O)F)O1. The van der Waals surface area contributed by atoms with Crippen LogP contribution >= 0.6 is 0 Å². The topological polar surface area (TPSA) is 52.6 Å². The van der Waals surface area contributed by atoms with Crippen molar-refractivity contribution in [2.24, 2.45) is 0 Å². The summed E-state index contributed by atoms with van der Waals surface area (Å²) in [4.78, 5) is 0. The Labute approximate surface area is 77.2 Å². The molecule has 1 heterocycles. The Balaban J connectivity index is 2.43. The first-order valence-corrected chi connectivity index (χ1v) is 5.72. The van der Waals surface area contributed by atoms with Crippen molar-refractivity contribution in [3.05, 3.63) is 0 Å². The molecule has 2 atom stereocenters. The van der Waals surface area contributed by atoms with Crippen LogP contribution in [-0.2, 0) is 19.7 Å². The van der Waals surface area contributed by atoms with Gasteiger partial charge in [-0.25, -0.2) is 0 Å². The van der Waals surface area contributed by atoms with Crippen molar-refractivity contribution in [3.63, 3.8) is 0 Å². The molecule has 78 valence electrons. The lowest BCUT2D eigenvalue weighted by atomic mass is 10.2. The highest BCUT2D eigenvalue weighted by atomic mass is 32.3. The lowest BCUT2D eigenvalue weighted by Crippen LogP contribution is -2.39. The summed E-state index contributed by atoms with van der Waals surface area (Å²) in [5, 5.41) is 0. The van der Waals surface area contributed by atoms with E-state index in [1.54, 1.807) is 0 Å². The average Bonchev–Trinajstić information content (AvgIpc) is 2.01. The van der Waals surface area contributed by atoms with Crippen molar-refractivity contribution >= 4 is 10.2 Å². The molecule has 0 amide bonds. The van der Waals surface area contributed by atoms with Gasteiger partial charge in [-0.1, -0.05) is 6.92 Å². The van der Waals surface area contributed by atoms with Gasteiger partial charge < -0.3 is 9.47 Å². The third-order valence-electron chi connectivity index (χ3n) is 1.83. The minimum absolute atomic E-state index is 0.111. The Morgan fingerprint density at radius 2 is 2.00 bits per heavy atom. The van der Waals surface area contributed by atoms with E-state index < -0.39 is 22.1 Å². The van der Waals surface area contributed by atoms with E-state index >= 15 is 0 Å². The maximum absolute atomic E-state index is 12.2. The summed E-state index contributed by atoms with van der Waals surface area (Å²) in [5.74, 6) is -0.608. The fourth-order valence-corrected chi connectivity index (χ4v) is 1.82. The maximum Gasteiger partial charge on any atom is 0.305 e. The van der Waals surface area contributed by atoms with Gasteiger partial charge in [0, 0.05) is 0 Å². The van der Waals surface area contributed by atoms with Crippen molar-refractivity contribution in [2.45, 2.75) is 25.6 Å². The van der Waals surface area contributed by atoms with E-state index in [1.165, 1.54) is 0 Å². The van der Waals surface area contributed by atoms with Crippen LogP contribution < -0.4 is 0 Å². The molecule has 0 aromatic rings. The molecule has 0 aliphatic carbocycles. The number of rotatable bonds is 3. The molecule has 0 spiro atoms. The summed E-state index contributed by atoms with van der Waals surface area (Å²) in [7, 11) is -4.46. The number of hydrogen-bond donors (Lipinski definition) is 0. The zero-order valence-corrected chi connectivity index (χ0v) is 8.22. The highest BCUT2D eigenvalue weighted by Gasteiger charge is 2.26. The van der Waals surface area contributed by atoms with Gasteiger partial charge in [0.15, 0.2) is 0 Å². The molecule has 1 aliphatic heterocycles. The minimum atomic E-state index is -4.46. The van der Waals surface area contributed by atoms with Crippen molar-refractivity contribution in [2.75, 3.05) is 19.0 Å². The first-order valence-electron chi connectivity index (χ1n) is 4.17. The van der Waals surface area contributed by atoms with E-state index in [0.717, 1.165) is 6.42 Å². The second kappa shape index (κ2) is 4.34. The van der Waals surface area contributed by atoms with Gasteiger partial charge in [-0.05, 0) is 6.42 Å². The molecular weight excluding hydrogens is 199 g/mol. The highest BCUT2D eigenvalue weighted by Crippen LogP contribution is 2.12. The van der Waals surface area contributed by atoms with Crippen LogP contribution in [0, 0.1) is 0 Å². The van der Waals surface area contributed by atoms with Crippen molar-refractivity contribution in [3.8, 4) is 0 Å². The molecule has 1 saturated heterocycles. The number of halogens is 1. The van der Waals surface area contributed by atoms with Crippen LogP contribution in [0.5, 0.6) is 0 Å². The molecule has 13 heavy (non-hydrogen) atoms. The molecule has 0 radical (unpaired) electrons. The smallest absolute Gasteiger partial charge is 0.305 e. The quantitative estimate of drug-likeness (QED) is 0.638. The molecule has 0 saturated carbocycles. The Kier molecular flexibility index (Phi) is 3.63. The van der Waals surface area contributed by atoms with Crippen LogP contribution in [0.15, 0.2) is 0 Å². The predicted molar refractivity (Wildman–Crippen MR) is 44.7 cm³/mol. The van der Waals surface area contributed by atoms with E-state index in [9.17, 15) is 12.3 Å². The highest BCUT2D eigenvalue weighted by molar-refractivity contribution is 7.86.